The molecule has 3 heterocycles. The van der Waals surface area contributed by atoms with Crippen LogP contribution in [0.15, 0.2) is 48.4 Å². The molecule has 4 rings (SSSR count). The molecule has 29 heavy (non-hydrogen) atoms. The zero-order valence-corrected chi connectivity index (χ0v) is 17.5. The second-order valence-electron chi connectivity index (χ2n) is 7.74. The van der Waals surface area contributed by atoms with Gasteiger partial charge >= 0.3 is 0 Å². The molecule has 1 aromatic heterocycles. The summed E-state index contributed by atoms with van der Waals surface area (Å²) < 4.78 is 6.04. The Morgan fingerprint density at radius 1 is 1.38 bits per heavy atom. The molecule has 5 nitrogen and oxygen atoms in total. The highest BCUT2D eigenvalue weighted by atomic mass is 32.1. The van der Waals surface area contributed by atoms with Crippen LogP contribution in [0.4, 0.5) is 0 Å². The molecule has 0 bridgehead atoms. The Morgan fingerprint density at radius 3 is 3.00 bits per heavy atom. The molecular weight excluding hydrogens is 384 g/mol. The van der Waals surface area contributed by atoms with E-state index >= 15 is 0 Å². The van der Waals surface area contributed by atoms with E-state index in [1.165, 1.54) is 0 Å². The van der Waals surface area contributed by atoms with Crippen molar-refractivity contribution >= 4 is 23.2 Å². The lowest BCUT2D eigenvalue weighted by molar-refractivity contribution is -0.141. The van der Waals surface area contributed by atoms with Crippen LogP contribution in [-0.4, -0.2) is 47.9 Å². The molecule has 2 atom stereocenters. The third-order valence-electron chi connectivity index (χ3n) is 5.67. The van der Waals surface area contributed by atoms with Gasteiger partial charge in [0.15, 0.2) is 0 Å². The third-order valence-corrected chi connectivity index (χ3v) is 6.55. The first-order valence-electron chi connectivity index (χ1n) is 10.0. The highest BCUT2D eigenvalue weighted by Gasteiger charge is 2.40. The van der Waals surface area contributed by atoms with Gasteiger partial charge in [0.1, 0.15) is 5.75 Å². The van der Waals surface area contributed by atoms with Crippen LogP contribution in [0.1, 0.15) is 28.5 Å². The summed E-state index contributed by atoms with van der Waals surface area (Å²) in [7, 11) is 0. The third kappa shape index (κ3) is 4.08. The number of nitrogens with zero attached hydrogens (tertiary/aromatic N) is 2. The molecule has 0 unspecified atom stereocenters. The summed E-state index contributed by atoms with van der Waals surface area (Å²) in [4.78, 5) is 30.9. The number of thiophene rings is 1. The van der Waals surface area contributed by atoms with Crippen molar-refractivity contribution in [3.05, 3.63) is 64.4 Å². The number of carbonyl (C=O) groups excluding carboxylic acids is 2. The lowest BCUT2D eigenvalue weighted by Crippen LogP contribution is -2.51. The maximum Gasteiger partial charge on any atom is 0.228 e. The lowest BCUT2D eigenvalue weighted by Gasteiger charge is -2.44. The maximum atomic E-state index is 13.3. The van der Waals surface area contributed by atoms with Crippen molar-refractivity contribution in [1.29, 1.82) is 0 Å². The number of hydrogen-bond acceptors (Lipinski definition) is 4. The number of hydrogen-bond donors (Lipinski definition) is 0. The summed E-state index contributed by atoms with van der Waals surface area (Å²) in [5, 5.41) is 1.99. The predicted molar refractivity (Wildman–Crippen MR) is 114 cm³/mol. The second-order valence-corrected chi connectivity index (χ2v) is 8.77. The predicted octanol–water partition coefficient (Wildman–Crippen LogP) is 3.60. The second kappa shape index (κ2) is 8.41. The molecule has 2 amide bonds. The molecule has 1 saturated heterocycles. The molecule has 2 aliphatic rings. The van der Waals surface area contributed by atoms with E-state index in [0.29, 0.717) is 39.1 Å². The van der Waals surface area contributed by atoms with Crippen LogP contribution in [0.3, 0.4) is 0 Å². The van der Waals surface area contributed by atoms with E-state index < -0.39 is 0 Å². The standard InChI is InChI=1S/C23H26N2O3S/c1-3-9-24-14-17-15-28-20-7-6-16(2)12-19(20)23(17)25(10-8-21(24)26)22(27)13-18-5-4-11-29-18/h3-7,11-12,17,23H,1,8-10,13-15H2,2H3/t17-,23-/m0/s1. The minimum Gasteiger partial charge on any atom is -0.493 e. The number of aryl methyl sites for hydroxylation is 1. The van der Waals surface area contributed by atoms with Gasteiger partial charge in [-0.3, -0.25) is 9.59 Å². The van der Waals surface area contributed by atoms with Crippen LogP contribution in [0.5, 0.6) is 5.75 Å². The molecule has 0 N–H and O–H groups in total. The molecule has 2 aliphatic heterocycles. The SMILES string of the molecule is C=CCN1C[C@H]2COc3ccc(C)cc3[C@H]2N(C(=O)Cc2cccs2)CCC1=O. The van der Waals surface area contributed by atoms with Crippen molar-refractivity contribution in [3.63, 3.8) is 0 Å². The zero-order chi connectivity index (χ0) is 20.4. The van der Waals surface area contributed by atoms with Crippen molar-refractivity contribution in [2.45, 2.75) is 25.8 Å². The Hall–Kier alpha value is -2.60. The van der Waals surface area contributed by atoms with Crippen LogP contribution in [0, 0.1) is 12.8 Å². The molecule has 1 fully saturated rings. The first-order chi connectivity index (χ1) is 14.1. The van der Waals surface area contributed by atoms with Gasteiger partial charge in [-0.2, -0.15) is 0 Å². The van der Waals surface area contributed by atoms with Crippen molar-refractivity contribution in [2.24, 2.45) is 5.92 Å². The molecular formula is C23H26N2O3S. The summed E-state index contributed by atoms with van der Waals surface area (Å²) in [6.45, 7) is 7.84. The van der Waals surface area contributed by atoms with Gasteiger partial charge in [0.05, 0.1) is 19.1 Å². The van der Waals surface area contributed by atoms with E-state index in [1.54, 1.807) is 17.4 Å². The molecule has 1 aromatic carbocycles. The monoisotopic (exact) mass is 410 g/mol. The van der Waals surface area contributed by atoms with Gasteiger partial charge in [0, 0.05) is 42.4 Å². The molecule has 0 radical (unpaired) electrons. The number of benzene rings is 1. The van der Waals surface area contributed by atoms with Crippen LogP contribution in [-0.2, 0) is 16.0 Å². The Morgan fingerprint density at radius 2 is 2.24 bits per heavy atom. The Kier molecular flexibility index (Phi) is 5.72. The van der Waals surface area contributed by atoms with Crippen LogP contribution >= 0.6 is 11.3 Å². The summed E-state index contributed by atoms with van der Waals surface area (Å²) in [6, 6.07) is 10.0. The van der Waals surface area contributed by atoms with Gasteiger partial charge in [0.2, 0.25) is 11.8 Å². The van der Waals surface area contributed by atoms with E-state index in [4.69, 9.17) is 4.74 Å². The van der Waals surface area contributed by atoms with E-state index in [2.05, 4.69) is 19.6 Å². The fourth-order valence-electron chi connectivity index (χ4n) is 4.32. The number of fused-ring (bicyclic) bond motifs is 3. The van der Waals surface area contributed by atoms with Crippen molar-refractivity contribution in [3.8, 4) is 5.75 Å². The quantitative estimate of drug-likeness (QED) is 0.724. The average Bonchev–Trinajstić information content (AvgIpc) is 3.20. The van der Waals surface area contributed by atoms with Gasteiger partial charge in [-0.15, -0.1) is 17.9 Å². The van der Waals surface area contributed by atoms with Crippen molar-refractivity contribution in [2.75, 3.05) is 26.2 Å². The Balaban J connectivity index is 1.71. The zero-order valence-electron chi connectivity index (χ0n) is 16.7. The van der Waals surface area contributed by atoms with Crippen molar-refractivity contribution in [1.82, 2.24) is 9.80 Å². The van der Waals surface area contributed by atoms with E-state index in [9.17, 15) is 9.59 Å². The molecule has 2 aromatic rings. The first kappa shape index (κ1) is 19.7. The van der Waals surface area contributed by atoms with Gasteiger partial charge in [-0.25, -0.2) is 0 Å². The molecule has 0 aliphatic carbocycles. The maximum absolute atomic E-state index is 13.3. The molecule has 152 valence electrons. The van der Waals surface area contributed by atoms with E-state index in [0.717, 1.165) is 21.8 Å². The summed E-state index contributed by atoms with van der Waals surface area (Å²) in [5.41, 5.74) is 2.19. The number of carbonyl (C=O) groups is 2. The van der Waals surface area contributed by atoms with Crippen LogP contribution in [0.25, 0.3) is 0 Å². The summed E-state index contributed by atoms with van der Waals surface area (Å²) in [5.74, 6) is 1.00. The number of rotatable bonds is 4. The summed E-state index contributed by atoms with van der Waals surface area (Å²) in [6.07, 6.45) is 2.46. The summed E-state index contributed by atoms with van der Waals surface area (Å²) >= 11 is 1.59. The largest absolute Gasteiger partial charge is 0.493 e. The van der Waals surface area contributed by atoms with E-state index in [1.807, 2.05) is 39.4 Å². The van der Waals surface area contributed by atoms with Crippen LogP contribution in [0.2, 0.25) is 0 Å². The minimum atomic E-state index is -0.0912. The highest BCUT2D eigenvalue weighted by Crippen LogP contribution is 2.41. The highest BCUT2D eigenvalue weighted by molar-refractivity contribution is 7.10. The average molecular weight is 411 g/mol. The fourth-order valence-corrected chi connectivity index (χ4v) is 5.02. The topological polar surface area (TPSA) is 49.9 Å². The smallest absolute Gasteiger partial charge is 0.228 e. The van der Waals surface area contributed by atoms with Crippen molar-refractivity contribution < 1.29 is 14.3 Å². The van der Waals surface area contributed by atoms with Gasteiger partial charge in [0.25, 0.3) is 0 Å². The molecule has 0 saturated carbocycles. The Bertz CT molecular complexity index is 909. The first-order valence-corrected chi connectivity index (χ1v) is 10.9. The lowest BCUT2D eigenvalue weighted by atomic mass is 9.86. The van der Waals surface area contributed by atoms with Gasteiger partial charge in [-0.1, -0.05) is 29.8 Å². The van der Waals surface area contributed by atoms with Gasteiger partial charge < -0.3 is 14.5 Å². The minimum absolute atomic E-state index is 0.0285. The van der Waals surface area contributed by atoms with E-state index in [-0.39, 0.29) is 23.8 Å². The number of ether oxygens (including phenoxy) is 1. The normalized spacial score (nSPS) is 21.5. The Labute approximate surface area is 175 Å². The molecule has 0 spiro atoms. The molecule has 6 heteroatoms. The fraction of sp³-hybridized carbons (Fsp3) is 0.391. The van der Waals surface area contributed by atoms with Crippen LogP contribution < -0.4 is 4.74 Å². The number of amides is 2. The van der Waals surface area contributed by atoms with Gasteiger partial charge in [-0.05, 0) is 24.4 Å².